The number of nitrogens with zero attached hydrogens (tertiary/aromatic N) is 1. The number of hydrogen-bond acceptors (Lipinski definition) is 2. The van der Waals surface area contributed by atoms with Crippen molar-refractivity contribution in [1.29, 1.82) is 0 Å². The number of likely N-dealkylation sites (tertiary alicyclic amines) is 1. The van der Waals surface area contributed by atoms with Crippen molar-refractivity contribution < 1.29 is 0 Å². The molecule has 2 aliphatic rings. The quantitative estimate of drug-likeness (QED) is 0.806. The predicted molar refractivity (Wildman–Crippen MR) is 78.9 cm³/mol. The van der Waals surface area contributed by atoms with Crippen molar-refractivity contribution in [3.05, 3.63) is 0 Å². The molecule has 2 heteroatoms. The normalized spacial score (nSPS) is 32.8. The molecule has 1 aliphatic carbocycles. The van der Waals surface area contributed by atoms with Gasteiger partial charge >= 0.3 is 0 Å². The number of rotatable bonds is 5. The van der Waals surface area contributed by atoms with Gasteiger partial charge in [-0.1, -0.05) is 26.7 Å². The maximum atomic E-state index is 3.68. The summed E-state index contributed by atoms with van der Waals surface area (Å²) < 4.78 is 0. The van der Waals surface area contributed by atoms with Crippen LogP contribution in [0, 0.1) is 5.92 Å². The fourth-order valence-electron chi connectivity index (χ4n) is 4.32. The number of nitrogens with one attached hydrogen (secondary N) is 1. The summed E-state index contributed by atoms with van der Waals surface area (Å²) in [7, 11) is 0. The van der Waals surface area contributed by atoms with Gasteiger partial charge in [-0.15, -0.1) is 0 Å². The van der Waals surface area contributed by atoms with Crippen LogP contribution in [0.3, 0.4) is 0 Å². The predicted octanol–water partition coefficient (Wildman–Crippen LogP) is 3.42. The van der Waals surface area contributed by atoms with E-state index in [1.807, 2.05) is 0 Å². The van der Waals surface area contributed by atoms with E-state index in [1.54, 1.807) is 0 Å². The van der Waals surface area contributed by atoms with Crippen molar-refractivity contribution in [1.82, 2.24) is 10.2 Å². The van der Waals surface area contributed by atoms with Gasteiger partial charge in [-0.2, -0.15) is 0 Å². The number of fused-ring (bicyclic) bond motifs is 1. The van der Waals surface area contributed by atoms with Gasteiger partial charge in [-0.05, 0) is 58.0 Å². The summed E-state index contributed by atoms with van der Waals surface area (Å²) >= 11 is 0. The highest BCUT2D eigenvalue weighted by Gasteiger charge is 2.36. The van der Waals surface area contributed by atoms with Gasteiger partial charge in [-0.25, -0.2) is 0 Å². The van der Waals surface area contributed by atoms with E-state index in [9.17, 15) is 0 Å². The molecule has 1 aliphatic heterocycles. The average Bonchev–Trinajstić information content (AvgIpc) is 2.43. The maximum Gasteiger partial charge on any atom is 0.0224 e. The van der Waals surface area contributed by atoms with Gasteiger partial charge in [0, 0.05) is 18.1 Å². The molecule has 2 rings (SSSR count). The highest BCUT2D eigenvalue weighted by atomic mass is 15.2. The lowest BCUT2D eigenvalue weighted by Crippen LogP contribution is -2.56. The first-order valence-electron chi connectivity index (χ1n) is 8.27. The molecule has 0 aromatic heterocycles. The van der Waals surface area contributed by atoms with E-state index in [0.29, 0.717) is 12.1 Å². The van der Waals surface area contributed by atoms with Crippen LogP contribution in [0.5, 0.6) is 0 Å². The molecule has 0 radical (unpaired) electrons. The van der Waals surface area contributed by atoms with Crippen LogP contribution in [0.2, 0.25) is 0 Å². The second kappa shape index (κ2) is 6.91. The van der Waals surface area contributed by atoms with Gasteiger partial charge in [0.1, 0.15) is 0 Å². The molecular weight excluding hydrogens is 220 g/mol. The molecule has 18 heavy (non-hydrogen) atoms. The van der Waals surface area contributed by atoms with Crippen molar-refractivity contribution in [3.8, 4) is 0 Å². The van der Waals surface area contributed by atoms with E-state index >= 15 is 0 Å². The van der Waals surface area contributed by atoms with Gasteiger partial charge in [0.25, 0.3) is 0 Å². The summed E-state index contributed by atoms with van der Waals surface area (Å²) in [6, 6.07) is 2.28. The molecule has 4 atom stereocenters. The third-order valence-corrected chi connectivity index (χ3v) is 5.30. The number of piperidine rings is 1. The molecule has 1 saturated heterocycles. The summed E-state index contributed by atoms with van der Waals surface area (Å²) in [5.41, 5.74) is 0. The van der Waals surface area contributed by atoms with E-state index in [4.69, 9.17) is 0 Å². The fraction of sp³-hybridized carbons (Fsp3) is 1.00. The molecule has 2 fully saturated rings. The van der Waals surface area contributed by atoms with Crippen LogP contribution in [-0.2, 0) is 0 Å². The van der Waals surface area contributed by atoms with Crippen molar-refractivity contribution in [2.45, 2.75) is 83.8 Å². The first-order valence-corrected chi connectivity index (χ1v) is 8.27. The van der Waals surface area contributed by atoms with Crippen LogP contribution in [0.15, 0.2) is 0 Å². The first-order chi connectivity index (χ1) is 8.77. The average molecular weight is 252 g/mol. The zero-order valence-electron chi connectivity index (χ0n) is 12.6. The van der Waals surface area contributed by atoms with Crippen molar-refractivity contribution in [2.24, 2.45) is 5.92 Å². The lowest BCUT2D eigenvalue weighted by Gasteiger charge is -2.48. The Bertz CT molecular complexity index is 239. The Morgan fingerprint density at radius 3 is 2.56 bits per heavy atom. The van der Waals surface area contributed by atoms with E-state index in [-0.39, 0.29) is 0 Å². The van der Waals surface area contributed by atoms with Crippen LogP contribution in [-0.4, -0.2) is 36.1 Å². The molecular formula is C16H32N2. The van der Waals surface area contributed by atoms with Crippen molar-refractivity contribution in [2.75, 3.05) is 13.1 Å². The topological polar surface area (TPSA) is 15.3 Å². The summed E-state index contributed by atoms with van der Waals surface area (Å²) in [6.07, 6.45) is 10.1. The second-order valence-corrected chi connectivity index (χ2v) is 6.30. The molecule has 0 aromatic carbocycles. The Balaban J connectivity index is 2.00. The van der Waals surface area contributed by atoms with E-state index in [1.165, 1.54) is 51.5 Å². The van der Waals surface area contributed by atoms with E-state index in [2.05, 4.69) is 31.0 Å². The molecule has 0 amide bonds. The molecule has 1 heterocycles. The van der Waals surface area contributed by atoms with Gasteiger partial charge in [0.05, 0.1) is 0 Å². The molecule has 1 saturated carbocycles. The Hall–Kier alpha value is -0.0800. The van der Waals surface area contributed by atoms with E-state index < -0.39 is 0 Å². The second-order valence-electron chi connectivity index (χ2n) is 6.30. The summed E-state index contributed by atoms with van der Waals surface area (Å²) in [6.45, 7) is 9.45. The zero-order valence-corrected chi connectivity index (χ0v) is 12.6. The Labute approximate surface area is 114 Å². The monoisotopic (exact) mass is 252 g/mol. The molecule has 106 valence electrons. The minimum atomic E-state index is 0.677. The highest BCUT2D eigenvalue weighted by Crippen LogP contribution is 2.36. The van der Waals surface area contributed by atoms with Crippen LogP contribution in [0.1, 0.15) is 65.7 Å². The van der Waals surface area contributed by atoms with E-state index in [0.717, 1.165) is 18.5 Å². The van der Waals surface area contributed by atoms with Crippen LogP contribution >= 0.6 is 0 Å². The minimum Gasteiger partial charge on any atom is -0.313 e. The lowest BCUT2D eigenvalue weighted by molar-refractivity contribution is 0.0184. The van der Waals surface area contributed by atoms with Gasteiger partial charge in [0.15, 0.2) is 0 Å². The highest BCUT2D eigenvalue weighted by molar-refractivity contribution is 4.92. The van der Waals surface area contributed by atoms with Crippen LogP contribution in [0.4, 0.5) is 0 Å². The van der Waals surface area contributed by atoms with Gasteiger partial charge < -0.3 is 5.32 Å². The van der Waals surface area contributed by atoms with Gasteiger partial charge in [0.2, 0.25) is 0 Å². The largest absolute Gasteiger partial charge is 0.313 e. The van der Waals surface area contributed by atoms with Crippen molar-refractivity contribution >= 4 is 0 Å². The SMILES string of the molecule is CCNC(CC)C(C)N1CCCC2CCCCC21. The summed E-state index contributed by atoms with van der Waals surface area (Å²) in [4.78, 5) is 2.85. The van der Waals surface area contributed by atoms with Crippen LogP contribution in [0.25, 0.3) is 0 Å². The smallest absolute Gasteiger partial charge is 0.0224 e. The molecule has 0 bridgehead atoms. The van der Waals surface area contributed by atoms with Crippen molar-refractivity contribution in [3.63, 3.8) is 0 Å². The van der Waals surface area contributed by atoms with Gasteiger partial charge in [-0.3, -0.25) is 4.90 Å². The third-order valence-electron chi connectivity index (χ3n) is 5.30. The Kier molecular flexibility index (Phi) is 5.50. The lowest BCUT2D eigenvalue weighted by atomic mass is 9.77. The minimum absolute atomic E-state index is 0.677. The number of likely N-dealkylation sites (N-methyl/N-ethyl adjacent to an activating group) is 1. The zero-order chi connectivity index (χ0) is 13.0. The molecule has 4 unspecified atom stereocenters. The Morgan fingerprint density at radius 1 is 1.11 bits per heavy atom. The van der Waals surface area contributed by atoms with Crippen LogP contribution < -0.4 is 5.32 Å². The molecule has 0 spiro atoms. The standard InChI is InChI=1S/C16H32N2/c1-4-15(17-5-2)13(3)18-12-8-10-14-9-6-7-11-16(14)18/h13-17H,4-12H2,1-3H3. The third kappa shape index (κ3) is 3.08. The Morgan fingerprint density at radius 2 is 1.83 bits per heavy atom. The first kappa shape index (κ1) is 14.3. The molecule has 1 N–H and O–H groups in total. The molecule has 2 nitrogen and oxygen atoms in total. The summed E-state index contributed by atoms with van der Waals surface area (Å²) in [5, 5.41) is 3.68. The number of hydrogen-bond donors (Lipinski definition) is 1. The fourth-order valence-corrected chi connectivity index (χ4v) is 4.32. The summed E-state index contributed by atoms with van der Waals surface area (Å²) in [5.74, 6) is 1.01. The molecule has 0 aromatic rings. The maximum absolute atomic E-state index is 3.68.